The van der Waals surface area contributed by atoms with Gasteiger partial charge in [-0.15, -0.1) is 11.8 Å². The van der Waals surface area contributed by atoms with Crippen molar-refractivity contribution in [2.24, 2.45) is 5.92 Å². The number of hydrogen-bond acceptors (Lipinski definition) is 12. The molecule has 0 aromatic heterocycles. The van der Waals surface area contributed by atoms with Gasteiger partial charge in [0.2, 0.25) is 5.91 Å². The molecule has 4 rings (SSSR count). The van der Waals surface area contributed by atoms with Crippen LogP contribution in [-0.2, 0) is 41.8 Å². The maximum atomic E-state index is 13.0. The number of hydrogen-bond donors (Lipinski definition) is 0. The number of thioether (sulfide) groups is 1. The average Bonchev–Trinajstić information content (AvgIpc) is 2.94. The quantitative estimate of drug-likeness (QED) is 0.133. The normalized spacial score (nSPS) is 18.6. The van der Waals surface area contributed by atoms with Gasteiger partial charge >= 0.3 is 12.1 Å². The van der Waals surface area contributed by atoms with Crippen LogP contribution in [0.25, 0.3) is 0 Å². The van der Waals surface area contributed by atoms with Crippen molar-refractivity contribution >= 4 is 47.5 Å². The van der Waals surface area contributed by atoms with Gasteiger partial charge in [0, 0.05) is 35.6 Å². The third kappa shape index (κ3) is 5.93. The average molecular weight is 572 g/mol. The molecule has 0 radical (unpaired) electrons. The Morgan fingerprint density at radius 2 is 1.52 bits per heavy atom. The second kappa shape index (κ2) is 11.9. The second-order valence-corrected chi connectivity index (χ2v) is 9.82. The summed E-state index contributed by atoms with van der Waals surface area (Å²) in [5.41, 5.74) is 0.590. The summed E-state index contributed by atoms with van der Waals surface area (Å²) in [5, 5.41) is 20.9. The number of amides is 1. The van der Waals surface area contributed by atoms with Crippen LogP contribution in [0.15, 0.2) is 59.8 Å². The minimum atomic E-state index is -1.05. The Morgan fingerprint density at radius 1 is 1.00 bits per heavy atom. The molecule has 40 heavy (non-hydrogen) atoms. The molecule has 2 heterocycles. The van der Waals surface area contributed by atoms with Crippen LogP contribution in [0.4, 0.5) is 16.2 Å². The Hall–Kier alpha value is -4.79. The third-order valence-corrected chi connectivity index (χ3v) is 7.51. The summed E-state index contributed by atoms with van der Waals surface area (Å²) in [5.74, 6) is -2.15. The van der Waals surface area contributed by atoms with E-state index < -0.39 is 45.3 Å². The van der Waals surface area contributed by atoms with Gasteiger partial charge in [-0.2, -0.15) is 0 Å². The number of nitro benzene ring substituents is 2. The maximum absolute atomic E-state index is 13.0. The van der Waals surface area contributed by atoms with Gasteiger partial charge in [0.1, 0.15) is 37.2 Å². The second-order valence-electron chi connectivity index (χ2n) is 8.71. The molecule has 2 aliphatic rings. The van der Waals surface area contributed by atoms with Crippen molar-refractivity contribution in [3.8, 4) is 0 Å². The molecule has 208 valence electrons. The fourth-order valence-corrected chi connectivity index (χ4v) is 5.56. The van der Waals surface area contributed by atoms with E-state index in [9.17, 15) is 39.4 Å². The molecule has 0 N–H and O–H groups in total. The number of nitrogens with zero attached hydrogens (tertiary/aromatic N) is 3. The standard InChI is InChI=1S/C25H21N3O11S/c1-14(39-25(32)38-12-16-4-8-19(9-5-16)28(35)36)20-22(30)26-21(17(10-29)13-40-23(20)26)24(31)37-11-15-2-6-18(7-3-15)27(33)34/h2-10,14,20,23H,11-13H2,1H3/t14-,20+,23-/m1/s1. The first-order valence-electron chi connectivity index (χ1n) is 11.7. The first-order chi connectivity index (χ1) is 19.1. The molecule has 15 heteroatoms. The Bertz CT molecular complexity index is 1390. The van der Waals surface area contributed by atoms with Gasteiger partial charge in [-0.25, -0.2) is 9.59 Å². The van der Waals surface area contributed by atoms with Crippen LogP contribution < -0.4 is 0 Å². The number of esters is 1. The number of aldehydes is 1. The lowest BCUT2D eigenvalue weighted by Gasteiger charge is -2.50. The van der Waals surface area contributed by atoms with Crippen LogP contribution in [0.5, 0.6) is 0 Å². The van der Waals surface area contributed by atoms with Gasteiger partial charge < -0.3 is 14.2 Å². The minimum absolute atomic E-state index is 0.0674. The molecule has 0 saturated carbocycles. The van der Waals surface area contributed by atoms with E-state index in [2.05, 4.69) is 0 Å². The zero-order valence-electron chi connectivity index (χ0n) is 20.8. The fraction of sp³-hybridized carbons (Fsp3) is 0.280. The number of nitro groups is 2. The molecule has 0 bridgehead atoms. The molecule has 1 amide bonds. The first kappa shape index (κ1) is 28.2. The van der Waals surface area contributed by atoms with E-state index in [4.69, 9.17) is 14.2 Å². The van der Waals surface area contributed by atoms with Gasteiger partial charge in [0.25, 0.3) is 11.4 Å². The van der Waals surface area contributed by atoms with Gasteiger partial charge in [0.05, 0.1) is 15.2 Å². The number of carbonyl (C=O) groups excluding carboxylic acids is 4. The monoisotopic (exact) mass is 571 g/mol. The lowest BCUT2D eigenvalue weighted by molar-refractivity contribution is -0.385. The lowest BCUT2D eigenvalue weighted by Crippen LogP contribution is -2.65. The van der Waals surface area contributed by atoms with Gasteiger partial charge in [-0.3, -0.25) is 34.7 Å². The van der Waals surface area contributed by atoms with Crippen molar-refractivity contribution in [1.29, 1.82) is 0 Å². The molecular formula is C25H21N3O11S. The number of non-ortho nitro benzene ring substituents is 2. The molecule has 2 aliphatic heterocycles. The van der Waals surface area contributed by atoms with Crippen LogP contribution in [-0.4, -0.2) is 56.3 Å². The van der Waals surface area contributed by atoms with E-state index in [1.165, 1.54) is 67.2 Å². The SMILES string of the molecule is C[C@@H](OC(=O)OCc1ccc([N+](=O)[O-])cc1)[C@H]1C(=O)N2C(C(=O)OCc3ccc([N+](=O)[O-])cc3)=C(C=O)CS[C@H]12. The number of carbonyl (C=O) groups is 4. The van der Waals surface area contributed by atoms with Crippen LogP contribution in [0, 0.1) is 26.1 Å². The highest BCUT2D eigenvalue weighted by Gasteiger charge is 2.56. The summed E-state index contributed by atoms with van der Waals surface area (Å²) in [6, 6.07) is 10.8. The highest BCUT2D eigenvalue weighted by molar-refractivity contribution is 8.00. The van der Waals surface area contributed by atoms with Crippen LogP contribution in [0.1, 0.15) is 18.1 Å². The Kier molecular flexibility index (Phi) is 8.43. The third-order valence-electron chi connectivity index (χ3n) is 6.18. The molecule has 2 aromatic carbocycles. The molecule has 3 atom stereocenters. The highest BCUT2D eigenvalue weighted by atomic mass is 32.2. The molecule has 0 aliphatic carbocycles. The van der Waals surface area contributed by atoms with Crippen molar-refractivity contribution < 1.29 is 43.2 Å². The van der Waals surface area contributed by atoms with Crippen LogP contribution in [0.2, 0.25) is 0 Å². The fourth-order valence-electron chi connectivity index (χ4n) is 4.10. The van der Waals surface area contributed by atoms with Gasteiger partial charge in [-0.05, 0) is 42.3 Å². The molecular weight excluding hydrogens is 550 g/mol. The van der Waals surface area contributed by atoms with E-state index in [1.54, 1.807) is 0 Å². The number of ether oxygens (including phenoxy) is 3. The van der Waals surface area contributed by atoms with Crippen molar-refractivity contribution in [3.05, 3.63) is 91.2 Å². The van der Waals surface area contributed by atoms with E-state index in [0.717, 1.165) is 4.90 Å². The topological polar surface area (TPSA) is 185 Å². The molecule has 0 spiro atoms. The van der Waals surface area contributed by atoms with Gasteiger partial charge in [-0.1, -0.05) is 0 Å². The first-order valence-corrected chi connectivity index (χ1v) is 12.8. The van der Waals surface area contributed by atoms with E-state index in [0.29, 0.717) is 17.4 Å². The van der Waals surface area contributed by atoms with E-state index in [1.807, 2.05) is 0 Å². The smallest absolute Gasteiger partial charge is 0.456 e. The molecule has 14 nitrogen and oxygen atoms in total. The summed E-state index contributed by atoms with van der Waals surface area (Å²) in [4.78, 5) is 71.3. The zero-order valence-corrected chi connectivity index (χ0v) is 21.6. The minimum Gasteiger partial charge on any atom is -0.456 e. The van der Waals surface area contributed by atoms with Crippen molar-refractivity contribution in [2.45, 2.75) is 31.6 Å². The molecule has 2 aromatic rings. The number of fused-ring (bicyclic) bond motifs is 1. The number of benzene rings is 2. The summed E-state index contributed by atoms with van der Waals surface area (Å²) >= 11 is 1.22. The largest absolute Gasteiger partial charge is 0.508 e. The van der Waals surface area contributed by atoms with E-state index >= 15 is 0 Å². The van der Waals surface area contributed by atoms with Crippen molar-refractivity contribution in [2.75, 3.05) is 5.75 Å². The Labute approximate surface area is 230 Å². The number of β-lactam (4-membered cyclic amide) rings is 1. The number of rotatable bonds is 10. The van der Waals surface area contributed by atoms with Crippen molar-refractivity contribution in [1.82, 2.24) is 4.90 Å². The summed E-state index contributed by atoms with van der Waals surface area (Å²) in [7, 11) is 0. The summed E-state index contributed by atoms with van der Waals surface area (Å²) in [6.07, 6.45) is -1.51. The highest BCUT2D eigenvalue weighted by Crippen LogP contribution is 2.45. The Balaban J connectivity index is 1.34. The summed E-state index contributed by atoms with van der Waals surface area (Å²) in [6.45, 7) is 1.05. The maximum Gasteiger partial charge on any atom is 0.508 e. The van der Waals surface area contributed by atoms with Crippen LogP contribution in [0.3, 0.4) is 0 Å². The zero-order chi connectivity index (χ0) is 29.0. The summed E-state index contributed by atoms with van der Waals surface area (Å²) < 4.78 is 15.6. The van der Waals surface area contributed by atoms with Crippen LogP contribution >= 0.6 is 11.8 Å². The molecule has 1 fully saturated rings. The van der Waals surface area contributed by atoms with Gasteiger partial charge in [0.15, 0.2) is 0 Å². The molecule has 0 unspecified atom stereocenters. The predicted molar refractivity (Wildman–Crippen MR) is 136 cm³/mol. The van der Waals surface area contributed by atoms with E-state index in [-0.39, 0.29) is 41.6 Å². The lowest BCUT2D eigenvalue weighted by atomic mass is 9.91. The Morgan fingerprint density at radius 3 is 2.02 bits per heavy atom. The van der Waals surface area contributed by atoms with Crippen molar-refractivity contribution in [3.63, 3.8) is 0 Å². The molecule has 1 saturated heterocycles. The predicted octanol–water partition coefficient (Wildman–Crippen LogP) is 3.27.